The highest BCUT2D eigenvalue weighted by Gasteiger charge is 2.24. The number of hydrogen-bond acceptors (Lipinski definition) is 3. The van der Waals surface area contributed by atoms with E-state index in [2.05, 4.69) is 40.0 Å². The molecule has 0 radical (unpaired) electrons. The molecule has 0 aromatic heterocycles. The minimum atomic E-state index is -3.57. The van der Waals surface area contributed by atoms with Crippen LogP contribution < -0.4 is 4.72 Å². The molecule has 1 aliphatic rings. The third kappa shape index (κ3) is 6.28. The SMILES string of the molecule is O=S(=O)(NC(CCN1CCC(Cc2ccccc2)CC1)c1ccccc1)c1ccccc1. The van der Waals surface area contributed by atoms with E-state index in [4.69, 9.17) is 0 Å². The molecule has 168 valence electrons. The van der Waals surface area contributed by atoms with Crippen LogP contribution in [0.3, 0.4) is 0 Å². The summed E-state index contributed by atoms with van der Waals surface area (Å²) in [5.41, 5.74) is 2.43. The van der Waals surface area contributed by atoms with Crippen molar-refractivity contribution < 1.29 is 8.42 Å². The van der Waals surface area contributed by atoms with Crippen molar-refractivity contribution in [2.75, 3.05) is 19.6 Å². The molecule has 1 saturated heterocycles. The third-order valence-electron chi connectivity index (χ3n) is 6.36. The van der Waals surface area contributed by atoms with Gasteiger partial charge < -0.3 is 4.90 Å². The maximum atomic E-state index is 13.0. The molecule has 1 fully saturated rings. The van der Waals surface area contributed by atoms with Crippen LogP contribution in [0.2, 0.25) is 0 Å². The Morgan fingerprint density at radius 3 is 2.00 bits per heavy atom. The molecule has 4 nitrogen and oxygen atoms in total. The molecule has 4 rings (SSSR count). The summed E-state index contributed by atoms with van der Waals surface area (Å²) in [6.45, 7) is 3.03. The Labute approximate surface area is 192 Å². The molecular formula is C27H32N2O2S. The van der Waals surface area contributed by atoms with Crippen LogP contribution in [0.1, 0.15) is 36.4 Å². The molecular weight excluding hydrogens is 416 g/mol. The van der Waals surface area contributed by atoms with E-state index in [1.54, 1.807) is 24.3 Å². The van der Waals surface area contributed by atoms with E-state index in [-0.39, 0.29) is 6.04 Å². The summed E-state index contributed by atoms with van der Waals surface area (Å²) in [5, 5.41) is 0. The number of benzene rings is 3. The number of nitrogens with zero attached hydrogens (tertiary/aromatic N) is 1. The summed E-state index contributed by atoms with van der Waals surface area (Å²) in [7, 11) is -3.57. The van der Waals surface area contributed by atoms with E-state index >= 15 is 0 Å². The fourth-order valence-electron chi connectivity index (χ4n) is 4.51. The minimum absolute atomic E-state index is 0.247. The predicted molar refractivity (Wildman–Crippen MR) is 130 cm³/mol. The lowest BCUT2D eigenvalue weighted by atomic mass is 9.90. The van der Waals surface area contributed by atoms with Crippen molar-refractivity contribution in [2.45, 2.75) is 36.6 Å². The summed E-state index contributed by atoms with van der Waals surface area (Å²) < 4.78 is 28.9. The molecule has 1 N–H and O–H groups in total. The fourth-order valence-corrected chi connectivity index (χ4v) is 5.79. The van der Waals surface area contributed by atoms with Crippen molar-refractivity contribution in [3.05, 3.63) is 102 Å². The Bertz CT molecular complexity index is 1050. The van der Waals surface area contributed by atoms with E-state index in [9.17, 15) is 8.42 Å². The van der Waals surface area contributed by atoms with Gasteiger partial charge in [0.15, 0.2) is 0 Å². The number of piperidine rings is 1. The minimum Gasteiger partial charge on any atom is -0.303 e. The summed E-state index contributed by atoms with van der Waals surface area (Å²) in [4.78, 5) is 2.79. The van der Waals surface area contributed by atoms with Crippen molar-refractivity contribution >= 4 is 10.0 Å². The lowest BCUT2D eigenvalue weighted by Crippen LogP contribution is -2.37. The first-order valence-corrected chi connectivity index (χ1v) is 13.0. The highest BCUT2D eigenvalue weighted by Crippen LogP contribution is 2.25. The van der Waals surface area contributed by atoms with Gasteiger partial charge in [-0.2, -0.15) is 0 Å². The van der Waals surface area contributed by atoms with Gasteiger partial charge in [-0.15, -0.1) is 0 Å². The molecule has 0 amide bonds. The van der Waals surface area contributed by atoms with Gasteiger partial charge in [-0.3, -0.25) is 0 Å². The van der Waals surface area contributed by atoms with Crippen LogP contribution in [0, 0.1) is 5.92 Å². The molecule has 32 heavy (non-hydrogen) atoms. The van der Waals surface area contributed by atoms with Crippen molar-refractivity contribution in [3.8, 4) is 0 Å². The van der Waals surface area contributed by atoms with Crippen LogP contribution in [-0.2, 0) is 16.4 Å². The molecule has 1 heterocycles. The molecule has 0 spiro atoms. The topological polar surface area (TPSA) is 49.4 Å². The predicted octanol–water partition coefficient (Wildman–Crippen LogP) is 5.05. The molecule has 3 aromatic rings. The molecule has 5 heteroatoms. The molecule has 3 aromatic carbocycles. The Balaban J connectivity index is 1.35. The van der Waals surface area contributed by atoms with Crippen molar-refractivity contribution in [2.24, 2.45) is 5.92 Å². The van der Waals surface area contributed by atoms with Crippen LogP contribution in [0.25, 0.3) is 0 Å². The van der Waals surface area contributed by atoms with E-state index in [1.807, 2.05) is 36.4 Å². The zero-order valence-corrected chi connectivity index (χ0v) is 19.3. The van der Waals surface area contributed by atoms with Gasteiger partial charge >= 0.3 is 0 Å². The standard InChI is InChI=1S/C27H32N2O2S/c30-32(31,26-14-8-3-9-15-26)28-27(25-12-6-2-7-13-25)18-21-29-19-16-24(17-20-29)22-23-10-4-1-5-11-23/h1-15,24,27-28H,16-22H2. The van der Waals surface area contributed by atoms with E-state index in [0.717, 1.165) is 44.0 Å². The van der Waals surface area contributed by atoms with E-state index in [1.165, 1.54) is 18.4 Å². The summed E-state index contributed by atoms with van der Waals surface area (Å²) in [6.07, 6.45) is 4.29. The Hall–Kier alpha value is -2.47. The first-order valence-electron chi connectivity index (χ1n) is 11.5. The Kier molecular flexibility index (Phi) is 7.74. The highest BCUT2D eigenvalue weighted by atomic mass is 32.2. The zero-order valence-electron chi connectivity index (χ0n) is 18.4. The monoisotopic (exact) mass is 448 g/mol. The summed E-state index contributed by atoms with van der Waals surface area (Å²) in [6, 6.07) is 29.0. The van der Waals surface area contributed by atoms with Crippen LogP contribution in [0.15, 0.2) is 95.9 Å². The number of sulfonamides is 1. The number of rotatable bonds is 9. The Morgan fingerprint density at radius 1 is 0.812 bits per heavy atom. The van der Waals surface area contributed by atoms with Crippen LogP contribution in [0.5, 0.6) is 0 Å². The molecule has 0 bridgehead atoms. The van der Waals surface area contributed by atoms with Crippen molar-refractivity contribution in [1.82, 2.24) is 9.62 Å². The normalized spacial score (nSPS) is 16.6. The molecule has 0 aliphatic carbocycles. The average Bonchev–Trinajstić information content (AvgIpc) is 2.84. The number of hydrogen-bond donors (Lipinski definition) is 1. The molecule has 1 aliphatic heterocycles. The van der Waals surface area contributed by atoms with Gasteiger partial charge in [-0.1, -0.05) is 78.9 Å². The van der Waals surface area contributed by atoms with Gasteiger partial charge in [0.2, 0.25) is 10.0 Å². The quantitative estimate of drug-likeness (QED) is 0.498. The third-order valence-corrected chi connectivity index (χ3v) is 7.85. The van der Waals surface area contributed by atoms with Crippen LogP contribution >= 0.6 is 0 Å². The van der Waals surface area contributed by atoms with Crippen LogP contribution in [-0.4, -0.2) is 33.0 Å². The zero-order chi connectivity index (χ0) is 22.2. The van der Waals surface area contributed by atoms with E-state index < -0.39 is 10.0 Å². The largest absolute Gasteiger partial charge is 0.303 e. The van der Waals surface area contributed by atoms with Gasteiger partial charge in [0, 0.05) is 6.04 Å². The maximum Gasteiger partial charge on any atom is 0.241 e. The number of nitrogens with one attached hydrogen (secondary N) is 1. The van der Waals surface area contributed by atoms with Gasteiger partial charge in [0.05, 0.1) is 4.90 Å². The van der Waals surface area contributed by atoms with Crippen molar-refractivity contribution in [1.29, 1.82) is 0 Å². The summed E-state index contributed by atoms with van der Waals surface area (Å²) >= 11 is 0. The average molecular weight is 449 g/mol. The Morgan fingerprint density at radius 2 is 1.38 bits per heavy atom. The molecule has 1 atom stereocenters. The molecule has 0 saturated carbocycles. The smallest absolute Gasteiger partial charge is 0.241 e. The summed E-state index contributed by atoms with van der Waals surface area (Å²) in [5.74, 6) is 0.732. The highest BCUT2D eigenvalue weighted by molar-refractivity contribution is 7.89. The lowest BCUT2D eigenvalue weighted by Gasteiger charge is -2.33. The van der Waals surface area contributed by atoms with Crippen LogP contribution in [0.4, 0.5) is 0 Å². The maximum absolute atomic E-state index is 13.0. The van der Waals surface area contributed by atoms with E-state index in [0.29, 0.717) is 4.90 Å². The first kappa shape index (κ1) is 22.7. The van der Waals surface area contributed by atoms with Gasteiger partial charge in [-0.25, -0.2) is 13.1 Å². The second kappa shape index (κ2) is 10.9. The van der Waals surface area contributed by atoms with Gasteiger partial charge in [-0.05, 0) is 74.5 Å². The number of likely N-dealkylation sites (tertiary alicyclic amines) is 1. The van der Waals surface area contributed by atoms with Crippen molar-refractivity contribution in [3.63, 3.8) is 0 Å². The second-order valence-electron chi connectivity index (χ2n) is 8.66. The van der Waals surface area contributed by atoms with Gasteiger partial charge in [0.25, 0.3) is 0 Å². The molecule has 1 unspecified atom stereocenters. The second-order valence-corrected chi connectivity index (χ2v) is 10.4. The fraction of sp³-hybridized carbons (Fsp3) is 0.333. The van der Waals surface area contributed by atoms with Gasteiger partial charge in [0.1, 0.15) is 0 Å². The first-order chi connectivity index (χ1) is 15.6. The lowest BCUT2D eigenvalue weighted by molar-refractivity contribution is 0.178.